The number of halogens is 2. The van der Waals surface area contributed by atoms with Gasteiger partial charge in [-0.25, -0.2) is 4.39 Å². The number of hydrogen-bond acceptors (Lipinski definition) is 1. The van der Waals surface area contributed by atoms with E-state index < -0.39 is 0 Å². The molecule has 4 saturated carbocycles. The van der Waals surface area contributed by atoms with Crippen molar-refractivity contribution in [2.75, 3.05) is 13.6 Å². The van der Waals surface area contributed by atoms with Crippen LogP contribution in [0.25, 0.3) is 0 Å². The molecule has 4 bridgehead atoms. The van der Waals surface area contributed by atoms with Gasteiger partial charge in [0, 0.05) is 23.6 Å². The van der Waals surface area contributed by atoms with Crippen LogP contribution in [-0.4, -0.2) is 24.4 Å². The summed E-state index contributed by atoms with van der Waals surface area (Å²) in [6.07, 6.45) is 8.08. The van der Waals surface area contributed by atoms with Crippen molar-refractivity contribution in [2.45, 2.75) is 38.5 Å². The van der Waals surface area contributed by atoms with Gasteiger partial charge in [-0.3, -0.25) is 4.79 Å². The predicted octanol–water partition coefficient (Wildman–Crippen LogP) is 4.88. The molecule has 2 nitrogen and oxygen atoms in total. The molecule has 4 aliphatic rings. The molecule has 1 aromatic carbocycles. The average molecular weight is 380 g/mol. The Morgan fingerprint density at radius 1 is 1.17 bits per heavy atom. The fraction of sp³-hybridized carbons (Fsp3) is 0.632. The van der Waals surface area contributed by atoms with E-state index in [2.05, 4.69) is 15.9 Å². The Balaban J connectivity index is 1.51. The molecule has 1 aromatic rings. The molecule has 0 radical (unpaired) electrons. The van der Waals surface area contributed by atoms with E-state index in [0.717, 1.165) is 24.3 Å². The molecular formula is C19H23BrFNO. The van der Waals surface area contributed by atoms with Crippen LogP contribution in [0.1, 0.15) is 48.9 Å². The molecule has 4 aliphatic carbocycles. The van der Waals surface area contributed by atoms with E-state index >= 15 is 0 Å². The van der Waals surface area contributed by atoms with Crippen LogP contribution < -0.4 is 0 Å². The Morgan fingerprint density at radius 3 is 2.26 bits per heavy atom. The zero-order valence-electron chi connectivity index (χ0n) is 13.5. The van der Waals surface area contributed by atoms with Crippen LogP contribution >= 0.6 is 15.9 Å². The zero-order chi connectivity index (χ0) is 16.2. The third-order valence-electron chi connectivity index (χ3n) is 6.19. The first-order valence-electron chi connectivity index (χ1n) is 8.64. The first-order chi connectivity index (χ1) is 10.9. The minimum atomic E-state index is -0.370. The zero-order valence-corrected chi connectivity index (χ0v) is 15.1. The lowest BCUT2D eigenvalue weighted by atomic mass is 9.49. The summed E-state index contributed by atoms with van der Waals surface area (Å²) in [6.45, 7) is 0.823. The summed E-state index contributed by atoms with van der Waals surface area (Å²) >= 11 is 3.27. The quantitative estimate of drug-likeness (QED) is 0.732. The van der Waals surface area contributed by atoms with Gasteiger partial charge in [0.1, 0.15) is 5.82 Å². The number of amides is 1. The molecule has 0 spiro atoms. The molecular weight excluding hydrogens is 357 g/mol. The van der Waals surface area contributed by atoms with Crippen LogP contribution in [0.4, 0.5) is 4.39 Å². The van der Waals surface area contributed by atoms with Crippen molar-refractivity contribution >= 4 is 21.8 Å². The number of carbonyl (C=O) groups is 1. The average Bonchev–Trinajstić information content (AvgIpc) is 2.43. The number of carbonyl (C=O) groups excluding carboxylic acids is 1. The molecule has 23 heavy (non-hydrogen) atoms. The van der Waals surface area contributed by atoms with Crippen LogP contribution in [0.5, 0.6) is 0 Å². The molecule has 0 unspecified atom stereocenters. The van der Waals surface area contributed by atoms with Gasteiger partial charge in [-0.1, -0.05) is 15.9 Å². The highest BCUT2D eigenvalue weighted by molar-refractivity contribution is 9.10. The van der Waals surface area contributed by atoms with E-state index in [4.69, 9.17) is 0 Å². The summed E-state index contributed by atoms with van der Waals surface area (Å²) in [5, 5.41) is 0. The Labute approximate surface area is 145 Å². The lowest BCUT2D eigenvalue weighted by molar-refractivity contribution is -0.0629. The molecule has 1 amide bonds. The maximum atomic E-state index is 13.6. The second-order valence-electron chi connectivity index (χ2n) is 8.24. The summed E-state index contributed by atoms with van der Waals surface area (Å²) in [6, 6.07) is 4.43. The lowest BCUT2D eigenvalue weighted by Gasteiger charge is -2.57. The van der Waals surface area contributed by atoms with E-state index in [1.54, 1.807) is 6.07 Å². The van der Waals surface area contributed by atoms with Gasteiger partial charge in [0.25, 0.3) is 5.91 Å². The van der Waals surface area contributed by atoms with E-state index in [0.29, 0.717) is 15.5 Å². The smallest absolute Gasteiger partial charge is 0.253 e. The van der Waals surface area contributed by atoms with Gasteiger partial charge >= 0.3 is 0 Å². The van der Waals surface area contributed by atoms with Crippen molar-refractivity contribution in [1.82, 2.24) is 4.90 Å². The largest absolute Gasteiger partial charge is 0.341 e. The Morgan fingerprint density at radius 2 is 1.74 bits per heavy atom. The van der Waals surface area contributed by atoms with Crippen LogP contribution in [0, 0.1) is 29.0 Å². The Hall–Kier alpha value is -0.900. The molecule has 0 N–H and O–H groups in total. The predicted molar refractivity (Wildman–Crippen MR) is 91.7 cm³/mol. The fourth-order valence-corrected chi connectivity index (χ4v) is 6.42. The molecule has 0 atom stereocenters. The highest BCUT2D eigenvalue weighted by Crippen LogP contribution is 2.60. The van der Waals surface area contributed by atoms with Gasteiger partial charge < -0.3 is 4.90 Å². The van der Waals surface area contributed by atoms with Gasteiger partial charge in [0.05, 0.1) is 0 Å². The van der Waals surface area contributed by atoms with E-state index in [1.165, 1.54) is 50.7 Å². The minimum absolute atomic E-state index is 0.0686. The van der Waals surface area contributed by atoms with Crippen molar-refractivity contribution in [3.05, 3.63) is 34.1 Å². The first-order valence-corrected chi connectivity index (χ1v) is 9.43. The number of rotatable bonds is 3. The molecule has 0 aromatic heterocycles. The standard InChI is InChI=1S/C19H23BrFNO/c1-22(18(23)15-5-16(20)7-17(21)6-15)11-19-8-12-2-13(9-19)4-14(3-12)10-19/h5-7,12-14H,2-4,8-11H2,1H3. The molecule has 0 heterocycles. The number of nitrogens with zero attached hydrogens (tertiary/aromatic N) is 1. The van der Waals surface area contributed by atoms with Crippen molar-refractivity contribution in [2.24, 2.45) is 23.2 Å². The number of hydrogen-bond donors (Lipinski definition) is 0. The first kappa shape index (κ1) is 15.6. The monoisotopic (exact) mass is 379 g/mol. The summed E-state index contributed by atoms with van der Waals surface area (Å²) in [7, 11) is 1.87. The Kier molecular flexibility index (Phi) is 3.79. The molecule has 4 fully saturated rings. The molecule has 124 valence electrons. The van der Waals surface area contributed by atoms with Crippen LogP contribution in [-0.2, 0) is 0 Å². The number of benzene rings is 1. The van der Waals surface area contributed by atoms with Gasteiger partial charge in [-0.2, -0.15) is 0 Å². The molecule has 5 rings (SSSR count). The summed E-state index contributed by atoms with van der Waals surface area (Å²) in [5.41, 5.74) is 0.757. The Bertz CT molecular complexity index is 589. The topological polar surface area (TPSA) is 20.3 Å². The highest BCUT2D eigenvalue weighted by atomic mass is 79.9. The van der Waals surface area contributed by atoms with E-state index in [9.17, 15) is 9.18 Å². The van der Waals surface area contributed by atoms with E-state index in [-0.39, 0.29) is 11.7 Å². The van der Waals surface area contributed by atoms with Crippen LogP contribution in [0.2, 0.25) is 0 Å². The molecule has 4 heteroatoms. The van der Waals surface area contributed by atoms with Crippen molar-refractivity contribution in [3.8, 4) is 0 Å². The van der Waals surface area contributed by atoms with Gasteiger partial charge in [0.15, 0.2) is 0 Å². The second kappa shape index (κ2) is 5.58. The third-order valence-corrected chi connectivity index (χ3v) is 6.65. The molecule has 0 aliphatic heterocycles. The van der Waals surface area contributed by atoms with Crippen LogP contribution in [0.15, 0.2) is 22.7 Å². The molecule has 0 saturated heterocycles. The fourth-order valence-electron chi connectivity index (χ4n) is 5.96. The normalized spacial score (nSPS) is 34.7. The van der Waals surface area contributed by atoms with Crippen molar-refractivity contribution < 1.29 is 9.18 Å². The van der Waals surface area contributed by atoms with Crippen LogP contribution in [0.3, 0.4) is 0 Å². The van der Waals surface area contributed by atoms with Crippen molar-refractivity contribution in [1.29, 1.82) is 0 Å². The SMILES string of the molecule is CN(CC12CC3CC(CC(C3)C1)C2)C(=O)c1cc(F)cc(Br)c1. The van der Waals surface area contributed by atoms with E-state index in [1.807, 2.05) is 11.9 Å². The van der Waals surface area contributed by atoms with Gasteiger partial charge in [0.2, 0.25) is 0 Å². The summed E-state index contributed by atoms with van der Waals surface area (Å²) in [4.78, 5) is 14.5. The second-order valence-corrected chi connectivity index (χ2v) is 9.15. The van der Waals surface area contributed by atoms with Crippen molar-refractivity contribution in [3.63, 3.8) is 0 Å². The lowest BCUT2D eigenvalue weighted by Crippen LogP contribution is -2.51. The third kappa shape index (κ3) is 2.95. The van der Waals surface area contributed by atoms with Gasteiger partial charge in [-0.15, -0.1) is 0 Å². The summed E-state index contributed by atoms with van der Waals surface area (Å²) < 4.78 is 14.2. The maximum absolute atomic E-state index is 13.6. The summed E-state index contributed by atoms with van der Waals surface area (Å²) in [5.74, 6) is 2.21. The maximum Gasteiger partial charge on any atom is 0.253 e. The van der Waals surface area contributed by atoms with Gasteiger partial charge in [-0.05, 0) is 79.9 Å². The highest BCUT2D eigenvalue weighted by Gasteiger charge is 2.51. The minimum Gasteiger partial charge on any atom is -0.341 e.